The van der Waals surface area contributed by atoms with Gasteiger partial charge in [0.05, 0.1) is 22.6 Å². The molecule has 11 heteroatoms. The van der Waals surface area contributed by atoms with Crippen LogP contribution in [0.3, 0.4) is 0 Å². The second-order valence-corrected chi connectivity index (χ2v) is 9.07. The maximum atomic E-state index is 12.7. The Morgan fingerprint density at radius 1 is 1.10 bits per heavy atom. The summed E-state index contributed by atoms with van der Waals surface area (Å²) in [4.78, 5) is 24.4. The minimum Gasteiger partial charge on any atom is -0.292 e. The lowest BCUT2D eigenvalue weighted by molar-refractivity contribution is -0.384. The van der Waals surface area contributed by atoms with Gasteiger partial charge >= 0.3 is 0 Å². The van der Waals surface area contributed by atoms with E-state index >= 15 is 0 Å². The number of carbonyl (C=O) groups excluding carboxylic acids is 1. The molecule has 2 aromatic carbocycles. The van der Waals surface area contributed by atoms with Crippen LogP contribution in [-0.4, -0.2) is 67.4 Å². The molecule has 164 valence electrons. The van der Waals surface area contributed by atoms with Crippen LogP contribution < -0.4 is 5.43 Å². The monoisotopic (exact) mass is 445 g/mol. The number of benzene rings is 2. The summed E-state index contributed by atoms with van der Waals surface area (Å²) in [7, 11) is -3.54. The summed E-state index contributed by atoms with van der Waals surface area (Å²) in [6, 6.07) is 12.5. The van der Waals surface area contributed by atoms with Crippen LogP contribution in [0.2, 0.25) is 0 Å². The van der Waals surface area contributed by atoms with Crippen molar-refractivity contribution in [3.05, 3.63) is 69.8 Å². The fourth-order valence-electron chi connectivity index (χ4n) is 3.09. The number of hydrogen-bond donors (Lipinski definition) is 1. The highest BCUT2D eigenvalue weighted by molar-refractivity contribution is 7.89. The summed E-state index contributed by atoms with van der Waals surface area (Å²) in [6.45, 7) is 3.46. The maximum Gasteiger partial charge on any atom is 0.269 e. The van der Waals surface area contributed by atoms with Crippen LogP contribution in [-0.2, 0) is 14.8 Å². The van der Waals surface area contributed by atoms with E-state index in [1.54, 1.807) is 24.3 Å². The smallest absolute Gasteiger partial charge is 0.269 e. The van der Waals surface area contributed by atoms with Crippen LogP contribution in [0.15, 0.2) is 58.5 Å². The Labute approximate surface area is 180 Å². The maximum absolute atomic E-state index is 12.7. The number of nitrogens with zero attached hydrogens (tertiary/aromatic N) is 4. The molecule has 0 spiro atoms. The molecule has 1 aliphatic heterocycles. The normalized spacial score (nSPS) is 15.8. The van der Waals surface area contributed by atoms with E-state index < -0.39 is 14.9 Å². The van der Waals surface area contributed by atoms with Crippen molar-refractivity contribution < 1.29 is 18.1 Å². The number of sulfonamides is 1. The van der Waals surface area contributed by atoms with E-state index in [2.05, 4.69) is 10.5 Å². The Kier molecular flexibility index (Phi) is 7.10. The molecule has 0 atom stereocenters. The van der Waals surface area contributed by atoms with Crippen LogP contribution in [0.1, 0.15) is 11.1 Å². The van der Waals surface area contributed by atoms with Gasteiger partial charge in [0.15, 0.2) is 0 Å². The van der Waals surface area contributed by atoms with Gasteiger partial charge in [-0.3, -0.25) is 19.8 Å². The molecule has 1 amide bonds. The van der Waals surface area contributed by atoms with Gasteiger partial charge in [-0.25, -0.2) is 13.8 Å². The number of hydrazone groups is 1. The largest absolute Gasteiger partial charge is 0.292 e. The van der Waals surface area contributed by atoms with Crippen LogP contribution in [0.5, 0.6) is 0 Å². The molecule has 0 radical (unpaired) electrons. The summed E-state index contributed by atoms with van der Waals surface area (Å²) in [5.74, 6) is -0.326. The molecule has 0 aliphatic carbocycles. The van der Waals surface area contributed by atoms with Gasteiger partial charge in [-0.05, 0) is 36.8 Å². The first kappa shape index (κ1) is 22.5. The predicted octanol–water partition coefficient (Wildman–Crippen LogP) is 1.36. The Balaban J connectivity index is 1.46. The highest BCUT2D eigenvalue weighted by Gasteiger charge is 2.28. The summed E-state index contributed by atoms with van der Waals surface area (Å²) < 4.78 is 26.9. The molecular weight excluding hydrogens is 422 g/mol. The Morgan fingerprint density at radius 2 is 1.71 bits per heavy atom. The van der Waals surface area contributed by atoms with Gasteiger partial charge in [0.1, 0.15) is 0 Å². The third-order valence-corrected chi connectivity index (χ3v) is 6.78. The van der Waals surface area contributed by atoms with Gasteiger partial charge in [0.25, 0.3) is 11.6 Å². The lowest BCUT2D eigenvalue weighted by atomic mass is 10.2. The summed E-state index contributed by atoms with van der Waals surface area (Å²) >= 11 is 0. The zero-order chi connectivity index (χ0) is 22.4. The van der Waals surface area contributed by atoms with E-state index in [9.17, 15) is 23.3 Å². The Hall–Kier alpha value is -3.15. The van der Waals surface area contributed by atoms with Crippen molar-refractivity contribution >= 4 is 27.8 Å². The number of carbonyl (C=O) groups is 1. The summed E-state index contributed by atoms with van der Waals surface area (Å²) in [5.41, 5.74) is 3.99. The highest BCUT2D eigenvalue weighted by Crippen LogP contribution is 2.18. The molecule has 1 heterocycles. The van der Waals surface area contributed by atoms with Crippen molar-refractivity contribution in [3.63, 3.8) is 0 Å². The standard InChI is InChI=1S/C20H23N5O5S/c1-16-2-8-19(9-3-16)31(29,30)24-12-10-23(11-13-24)15-20(26)22-21-14-17-4-6-18(7-5-17)25(27)28/h2-9,14H,10-13,15H2,1H3,(H,22,26). The zero-order valence-corrected chi connectivity index (χ0v) is 17.8. The molecular formula is C20H23N5O5S. The average Bonchev–Trinajstić information content (AvgIpc) is 2.75. The quantitative estimate of drug-likeness (QED) is 0.390. The van der Waals surface area contributed by atoms with Crippen molar-refractivity contribution in [2.24, 2.45) is 5.10 Å². The number of hydrogen-bond acceptors (Lipinski definition) is 7. The number of amides is 1. The number of rotatable bonds is 7. The molecule has 31 heavy (non-hydrogen) atoms. The second-order valence-electron chi connectivity index (χ2n) is 7.14. The van der Waals surface area contributed by atoms with Gasteiger partial charge < -0.3 is 0 Å². The van der Waals surface area contributed by atoms with E-state index in [1.807, 2.05) is 11.8 Å². The van der Waals surface area contributed by atoms with Crippen molar-refractivity contribution in [1.29, 1.82) is 0 Å². The minimum atomic E-state index is -3.54. The van der Waals surface area contributed by atoms with Crippen LogP contribution in [0.25, 0.3) is 0 Å². The first-order chi connectivity index (χ1) is 14.8. The predicted molar refractivity (Wildman–Crippen MR) is 115 cm³/mol. The lowest BCUT2D eigenvalue weighted by Crippen LogP contribution is -2.50. The molecule has 1 saturated heterocycles. The first-order valence-electron chi connectivity index (χ1n) is 9.61. The topological polar surface area (TPSA) is 125 Å². The summed E-state index contributed by atoms with van der Waals surface area (Å²) in [6.07, 6.45) is 1.40. The molecule has 2 aromatic rings. The Bertz CT molecular complexity index is 1060. The fraction of sp³-hybridized carbons (Fsp3) is 0.300. The van der Waals surface area contributed by atoms with Gasteiger partial charge in [0.2, 0.25) is 10.0 Å². The number of nitro benzene ring substituents is 1. The Morgan fingerprint density at radius 3 is 2.29 bits per heavy atom. The van der Waals surface area contributed by atoms with Crippen molar-refractivity contribution in [2.45, 2.75) is 11.8 Å². The SMILES string of the molecule is Cc1ccc(S(=O)(=O)N2CCN(CC(=O)NN=Cc3ccc([N+](=O)[O-])cc3)CC2)cc1. The number of aryl methyl sites for hydroxylation is 1. The molecule has 3 rings (SSSR count). The fourth-order valence-corrected chi connectivity index (χ4v) is 4.51. The number of nitro groups is 1. The molecule has 10 nitrogen and oxygen atoms in total. The van der Waals surface area contributed by atoms with Gasteiger partial charge in [-0.2, -0.15) is 9.41 Å². The third kappa shape index (κ3) is 5.94. The first-order valence-corrected chi connectivity index (χ1v) is 11.1. The molecule has 1 aliphatic rings. The van der Waals surface area contributed by atoms with E-state index in [0.29, 0.717) is 31.7 Å². The molecule has 0 aromatic heterocycles. The number of nitrogens with one attached hydrogen (secondary N) is 1. The number of non-ortho nitro benzene ring substituents is 1. The molecule has 1 fully saturated rings. The van der Waals surface area contributed by atoms with Crippen LogP contribution in [0.4, 0.5) is 5.69 Å². The number of piperazine rings is 1. The molecule has 0 unspecified atom stereocenters. The molecule has 1 N–H and O–H groups in total. The third-order valence-electron chi connectivity index (χ3n) is 4.86. The van der Waals surface area contributed by atoms with Crippen molar-refractivity contribution in [1.82, 2.24) is 14.6 Å². The minimum absolute atomic E-state index is 0.0234. The van der Waals surface area contributed by atoms with Gasteiger partial charge in [-0.15, -0.1) is 0 Å². The molecule has 0 bridgehead atoms. The van der Waals surface area contributed by atoms with Gasteiger partial charge in [0, 0.05) is 38.3 Å². The molecule has 0 saturated carbocycles. The average molecular weight is 446 g/mol. The second kappa shape index (κ2) is 9.77. The van der Waals surface area contributed by atoms with E-state index in [0.717, 1.165) is 5.56 Å². The summed E-state index contributed by atoms with van der Waals surface area (Å²) in [5, 5.41) is 14.5. The van der Waals surface area contributed by atoms with Crippen molar-refractivity contribution in [2.75, 3.05) is 32.7 Å². The zero-order valence-electron chi connectivity index (χ0n) is 17.0. The van der Waals surface area contributed by atoms with E-state index in [-0.39, 0.29) is 23.0 Å². The van der Waals surface area contributed by atoms with Crippen LogP contribution >= 0.6 is 0 Å². The van der Waals surface area contributed by atoms with Crippen molar-refractivity contribution in [3.8, 4) is 0 Å². The van der Waals surface area contributed by atoms with Gasteiger partial charge in [-0.1, -0.05) is 17.7 Å². The van der Waals surface area contributed by atoms with Crippen LogP contribution in [0, 0.1) is 17.0 Å². The highest BCUT2D eigenvalue weighted by atomic mass is 32.2. The van der Waals surface area contributed by atoms with E-state index in [1.165, 1.54) is 34.8 Å². The van der Waals surface area contributed by atoms with E-state index in [4.69, 9.17) is 0 Å². The lowest BCUT2D eigenvalue weighted by Gasteiger charge is -2.33.